The maximum atomic E-state index is 12.4. The third-order valence-electron chi connectivity index (χ3n) is 4.27. The fourth-order valence-corrected chi connectivity index (χ4v) is 4.74. The topological polar surface area (TPSA) is 69.7 Å². The molecule has 0 aromatic rings. The number of nitrogens with zero attached hydrogens (tertiary/aromatic N) is 2. The molecule has 21 heavy (non-hydrogen) atoms. The van der Waals surface area contributed by atoms with Gasteiger partial charge in [-0.05, 0) is 12.8 Å². The van der Waals surface area contributed by atoms with Crippen molar-refractivity contribution in [1.82, 2.24) is 14.5 Å². The van der Waals surface area contributed by atoms with Gasteiger partial charge in [0.2, 0.25) is 15.9 Å². The summed E-state index contributed by atoms with van der Waals surface area (Å²) in [6.07, 6.45) is 4.39. The molecule has 0 bridgehead atoms. The van der Waals surface area contributed by atoms with Crippen LogP contribution in [0.4, 0.5) is 0 Å². The first-order valence-corrected chi connectivity index (χ1v) is 9.59. The lowest BCUT2D eigenvalue weighted by Gasteiger charge is -2.29. The molecule has 1 atom stereocenters. The van der Waals surface area contributed by atoms with E-state index in [1.54, 1.807) is 6.92 Å². The van der Waals surface area contributed by atoms with Crippen molar-refractivity contribution in [3.8, 4) is 0 Å². The van der Waals surface area contributed by atoms with E-state index in [1.165, 1.54) is 4.31 Å². The molecule has 1 unspecified atom stereocenters. The molecule has 2 heterocycles. The number of hydrogen-bond donors (Lipinski definition) is 1. The van der Waals surface area contributed by atoms with Crippen LogP contribution in [0.5, 0.6) is 0 Å². The van der Waals surface area contributed by atoms with Gasteiger partial charge in [-0.3, -0.25) is 4.79 Å². The van der Waals surface area contributed by atoms with Crippen LogP contribution in [-0.2, 0) is 14.8 Å². The molecule has 0 aliphatic carbocycles. The quantitative estimate of drug-likeness (QED) is 0.807. The average Bonchev–Trinajstić information content (AvgIpc) is 2.76. The fraction of sp³-hybridized carbons (Fsp3) is 0.929. The number of sulfonamides is 1. The average molecular weight is 317 g/mol. The van der Waals surface area contributed by atoms with Crippen LogP contribution in [0.15, 0.2) is 0 Å². The number of piperazine rings is 1. The van der Waals surface area contributed by atoms with E-state index < -0.39 is 15.9 Å². The third-order valence-corrected chi connectivity index (χ3v) is 6.34. The summed E-state index contributed by atoms with van der Waals surface area (Å²) in [5.41, 5.74) is 0. The predicted molar refractivity (Wildman–Crippen MR) is 82.4 cm³/mol. The van der Waals surface area contributed by atoms with Gasteiger partial charge in [0.05, 0.1) is 11.7 Å². The molecular formula is C14H27N3O3S. The molecule has 0 aromatic carbocycles. The lowest BCUT2D eigenvalue weighted by atomic mass is 10.2. The maximum absolute atomic E-state index is 12.4. The highest BCUT2D eigenvalue weighted by atomic mass is 32.2. The van der Waals surface area contributed by atoms with E-state index in [0.29, 0.717) is 26.2 Å². The number of hydrogen-bond acceptors (Lipinski definition) is 4. The summed E-state index contributed by atoms with van der Waals surface area (Å²) >= 11 is 0. The summed E-state index contributed by atoms with van der Waals surface area (Å²) in [4.78, 5) is 14.3. The smallest absolute Gasteiger partial charge is 0.226 e. The number of carbonyl (C=O) groups is 1. The molecule has 2 rings (SSSR count). The molecule has 2 saturated heterocycles. The van der Waals surface area contributed by atoms with Crippen molar-refractivity contribution < 1.29 is 13.2 Å². The molecule has 7 heteroatoms. The van der Waals surface area contributed by atoms with Crippen molar-refractivity contribution in [2.75, 3.05) is 45.0 Å². The Kier molecular flexibility index (Phi) is 6.01. The Morgan fingerprint density at radius 1 is 1.05 bits per heavy atom. The van der Waals surface area contributed by atoms with E-state index >= 15 is 0 Å². The van der Waals surface area contributed by atoms with E-state index in [-0.39, 0.29) is 11.7 Å². The Balaban J connectivity index is 1.92. The van der Waals surface area contributed by atoms with Crippen LogP contribution < -0.4 is 5.32 Å². The fourth-order valence-electron chi connectivity index (χ4n) is 3.02. The Labute approximate surface area is 127 Å². The predicted octanol–water partition coefficient (Wildman–Crippen LogP) is 0.260. The minimum atomic E-state index is -3.33. The van der Waals surface area contributed by atoms with Gasteiger partial charge in [0.15, 0.2) is 0 Å². The minimum absolute atomic E-state index is 0.00407. The summed E-state index contributed by atoms with van der Waals surface area (Å²) in [6.45, 7) is 5.68. The Morgan fingerprint density at radius 3 is 2.19 bits per heavy atom. The molecule has 2 aliphatic rings. The van der Waals surface area contributed by atoms with Crippen molar-refractivity contribution in [1.29, 1.82) is 0 Å². The molecule has 6 nitrogen and oxygen atoms in total. The van der Waals surface area contributed by atoms with Gasteiger partial charge in [0.25, 0.3) is 0 Å². The summed E-state index contributed by atoms with van der Waals surface area (Å²) in [5.74, 6) is -0.527. The number of likely N-dealkylation sites (tertiary alicyclic amines) is 1. The van der Waals surface area contributed by atoms with Gasteiger partial charge < -0.3 is 10.2 Å². The van der Waals surface area contributed by atoms with Crippen molar-refractivity contribution in [3.05, 3.63) is 0 Å². The number of carbonyl (C=O) groups excluding carboxylic acids is 1. The van der Waals surface area contributed by atoms with E-state index in [0.717, 1.165) is 38.8 Å². The number of nitrogens with one attached hydrogen (secondary N) is 1. The van der Waals surface area contributed by atoms with Gasteiger partial charge in [-0.2, -0.15) is 4.31 Å². The van der Waals surface area contributed by atoms with Gasteiger partial charge in [-0.25, -0.2) is 8.42 Å². The second-order valence-corrected chi connectivity index (χ2v) is 8.08. The zero-order valence-corrected chi connectivity index (χ0v) is 13.7. The third kappa shape index (κ3) is 4.66. The van der Waals surface area contributed by atoms with Crippen LogP contribution in [0.1, 0.15) is 32.6 Å². The second-order valence-electron chi connectivity index (χ2n) is 6.07. The molecule has 2 aliphatic heterocycles. The first-order valence-electron chi connectivity index (χ1n) is 7.98. The number of amides is 1. The van der Waals surface area contributed by atoms with Crippen molar-refractivity contribution in [2.24, 2.45) is 5.92 Å². The molecule has 2 fully saturated rings. The molecule has 1 amide bonds. The monoisotopic (exact) mass is 317 g/mol. The summed E-state index contributed by atoms with van der Waals surface area (Å²) in [6, 6.07) is 0. The van der Waals surface area contributed by atoms with E-state index in [9.17, 15) is 13.2 Å². The van der Waals surface area contributed by atoms with Crippen LogP contribution in [-0.4, -0.2) is 68.6 Å². The molecule has 122 valence electrons. The molecule has 0 saturated carbocycles. The number of rotatable bonds is 4. The standard InChI is InChI=1S/C14H27N3O3S/c1-13(14(18)16-8-4-2-3-5-9-16)12-21(19,20)17-10-6-15-7-11-17/h13,15H,2-12H2,1H3. The highest BCUT2D eigenvalue weighted by Gasteiger charge is 2.30. The SMILES string of the molecule is CC(CS(=O)(=O)N1CCNCC1)C(=O)N1CCCCCC1. The lowest BCUT2D eigenvalue weighted by Crippen LogP contribution is -2.48. The Hall–Kier alpha value is -0.660. The summed E-state index contributed by atoms with van der Waals surface area (Å²) in [5, 5.41) is 3.14. The van der Waals surface area contributed by atoms with Gasteiger partial charge in [0, 0.05) is 39.3 Å². The Bertz CT molecular complexity index is 438. The molecule has 0 aromatic heterocycles. The van der Waals surface area contributed by atoms with Crippen LogP contribution in [0.3, 0.4) is 0 Å². The van der Waals surface area contributed by atoms with Gasteiger partial charge in [0.1, 0.15) is 0 Å². The van der Waals surface area contributed by atoms with Crippen molar-refractivity contribution in [3.63, 3.8) is 0 Å². The molecule has 0 spiro atoms. The van der Waals surface area contributed by atoms with Crippen LogP contribution in [0.25, 0.3) is 0 Å². The van der Waals surface area contributed by atoms with Gasteiger partial charge in [-0.1, -0.05) is 19.8 Å². The lowest BCUT2D eigenvalue weighted by molar-refractivity contribution is -0.134. The normalized spacial score (nSPS) is 23.6. The zero-order chi connectivity index (χ0) is 15.3. The van der Waals surface area contributed by atoms with Crippen molar-refractivity contribution in [2.45, 2.75) is 32.6 Å². The largest absolute Gasteiger partial charge is 0.342 e. The van der Waals surface area contributed by atoms with Crippen LogP contribution >= 0.6 is 0 Å². The molecular weight excluding hydrogens is 290 g/mol. The minimum Gasteiger partial charge on any atom is -0.342 e. The molecule has 1 N–H and O–H groups in total. The van der Waals surface area contributed by atoms with E-state index in [2.05, 4.69) is 5.32 Å². The van der Waals surface area contributed by atoms with Gasteiger partial charge in [-0.15, -0.1) is 0 Å². The Morgan fingerprint density at radius 2 is 1.62 bits per heavy atom. The second kappa shape index (κ2) is 7.56. The van der Waals surface area contributed by atoms with Crippen LogP contribution in [0.2, 0.25) is 0 Å². The highest BCUT2D eigenvalue weighted by molar-refractivity contribution is 7.89. The first kappa shape index (κ1) is 16.7. The summed E-state index contributed by atoms with van der Waals surface area (Å²) in [7, 11) is -3.33. The van der Waals surface area contributed by atoms with Gasteiger partial charge >= 0.3 is 0 Å². The summed E-state index contributed by atoms with van der Waals surface area (Å²) < 4.78 is 26.3. The first-order chi connectivity index (χ1) is 10.0. The highest BCUT2D eigenvalue weighted by Crippen LogP contribution is 2.15. The zero-order valence-electron chi connectivity index (χ0n) is 12.9. The van der Waals surface area contributed by atoms with Crippen LogP contribution in [0, 0.1) is 5.92 Å². The van der Waals surface area contributed by atoms with E-state index in [1.807, 2.05) is 4.90 Å². The maximum Gasteiger partial charge on any atom is 0.226 e. The molecule has 0 radical (unpaired) electrons. The van der Waals surface area contributed by atoms with E-state index in [4.69, 9.17) is 0 Å². The van der Waals surface area contributed by atoms with Crippen molar-refractivity contribution >= 4 is 15.9 Å².